The molecule has 2 saturated heterocycles. The van der Waals surface area contributed by atoms with Crippen LogP contribution in [0.4, 0.5) is 13.6 Å². The van der Waals surface area contributed by atoms with Gasteiger partial charge in [0, 0.05) is 0 Å². The zero-order valence-electron chi connectivity index (χ0n) is 25.0. The molecule has 0 saturated carbocycles. The first kappa shape index (κ1) is 34.7. The van der Waals surface area contributed by atoms with Gasteiger partial charge in [0.05, 0.1) is 12.1 Å². The normalized spacial score (nSPS) is 27.2. The molecule has 2 fully saturated rings. The molecule has 0 aliphatic carbocycles. The predicted molar refractivity (Wildman–Crippen MR) is 150 cm³/mol. The van der Waals surface area contributed by atoms with E-state index in [1.54, 1.807) is 27.7 Å². The lowest BCUT2D eigenvalue weighted by atomic mass is 9.85. The summed E-state index contributed by atoms with van der Waals surface area (Å²) in [5.74, 6) is -0.657. The number of carbonyl (C=O) groups is 3. The molecule has 38 heavy (non-hydrogen) atoms. The van der Waals surface area contributed by atoms with Crippen molar-refractivity contribution in [2.24, 2.45) is 0 Å². The van der Waals surface area contributed by atoms with Crippen molar-refractivity contribution in [3.63, 3.8) is 0 Å². The maximum absolute atomic E-state index is 13.5. The molecule has 0 aromatic carbocycles. The van der Waals surface area contributed by atoms with Gasteiger partial charge in [0.15, 0.2) is 27.8 Å². The number of halogens is 2. The summed E-state index contributed by atoms with van der Waals surface area (Å²) in [6.45, 7) is 17.7. The molecule has 0 aromatic heterocycles. The lowest BCUT2D eigenvalue weighted by Crippen LogP contribution is -2.77. The molecule has 12 heteroatoms. The second kappa shape index (κ2) is 13.8. The van der Waals surface area contributed by atoms with E-state index in [1.807, 2.05) is 20.8 Å². The topological polar surface area (TPSA) is 94.2 Å². The zero-order chi connectivity index (χ0) is 29.5. The van der Waals surface area contributed by atoms with Gasteiger partial charge in [0.25, 0.3) is 11.8 Å². The minimum absolute atomic E-state index is 0.164. The number of β-lactam (4-membered cyclic amide) rings is 2. The van der Waals surface area contributed by atoms with E-state index < -0.39 is 65.3 Å². The summed E-state index contributed by atoms with van der Waals surface area (Å²) in [5.41, 5.74) is -2.18. The molecule has 222 valence electrons. The van der Waals surface area contributed by atoms with Gasteiger partial charge in [-0.1, -0.05) is 41.5 Å². The van der Waals surface area contributed by atoms with E-state index in [4.69, 9.17) is 13.6 Å². The Labute approximate surface area is 229 Å². The van der Waals surface area contributed by atoms with E-state index in [9.17, 15) is 23.2 Å². The number of rotatable bonds is 13. The monoisotopic (exact) mass is 580 g/mol. The minimum Gasteiger partial charge on any atom is -0.446 e. The largest absolute Gasteiger partial charge is 0.446 e. The fourth-order valence-corrected chi connectivity index (χ4v) is 11.3. The number of carbonyl (C=O) groups excluding carboxylic acids is 3. The number of hydrogen-bond donors (Lipinski definition) is 1. The smallest absolute Gasteiger partial charge is 0.417 e. The van der Waals surface area contributed by atoms with Crippen molar-refractivity contribution in [2.75, 3.05) is 13.3 Å². The molecule has 2 heterocycles. The van der Waals surface area contributed by atoms with Crippen LogP contribution in [0.2, 0.25) is 36.3 Å². The van der Waals surface area contributed by atoms with Crippen LogP contribution in [0.3, 0.4) is 0 Å². The van der Waals surface area contributed by atoms with Gasteiger partial charge in [-0.3, -0.25) is 9.59 Å². The number of ether oxygens (including phenoxy) is 1. The van der Waals surface area contributed by atoms with Gasteiger partial charge in [-0.15, -0.1) is 0 Å². The number of hydrogen-bond acceptors (Lipinski definition) is 6. The number of likely N-dealkylation sites (tertiary alicyclic amines) is 1. The van der Waals surface area contributed by atoms with Crippen LogP contribution in [0.5, 0.6) is 0 Å². The molecule has 1 N–H and O–H groups in total. The Bertz CT molecular complexity index is 811. The van der Waals surface area contributed by atoms with Crippen molar-refractivity contribution in [3.8, 4) is 0 Å². The third-order valence-corrected chi connectivity index (χ3v) is 18.0. The highest BCUT2D eigenvalue weighted by Crippen LogP contribution is 2.40. The predicted octanol–water partition coefficient (Wildman–Crippen LogP) is 5.73. The molecule has 0 aromatic rings. The van der Waals surface area contributed by atoms with Crippen molar-refractivity contribution in [1.29, 1.82) is 0 Å². The third kappa shape index (κ3) is 6.67. The lowest BCUT2D eigenvalue weighted by Gasteiger charge is -2.54. The second-order valence-electron chi connectivity index (χ2n) is 10.9. The van der Waals surface area contributed by atoms with E-state index in [0.717, 1.165) is 41.2 Å². The molecular formula is C26H50F2N2O6Si2. The maximum atomic E-state index is 13.5. The molecule has 2 rings (SSSR count). The van der Waals surface area contributed by atoms with Gasteiger partial charge < -0.3 is 18.9 Å². The Balaban J connectivity index is 0.000000399. The van der Waals surface area contributed by atoms with E-state index in [0.29, 0.717) is 0 Å². The van der Waals surface area contributed by atoms with Gasteiger partial charge >= 0.3 is 6.09 Å². The molecule has 2 aliphatic rings. The van der Waals surface area contributed by atoms with Crippen LogP contribution in [-0.4, -0.2) is 82.2 Å². The Kier molecular flexibility index (Phi) is 12.6. The van der Waals surface area contributed by atoms with Crippen LogP contribution < -0.4 is 5.32 Å². The molecule has 0 unspecified atom stereocenters. The number of nitrogens with one attached hydrogen (secondary N) is 1. The summed E-state index contributed by atoms with van der Waals surface area (Å²) in [6.07, 6.45) is -1.15. The molecular weight excluding hydrogens is 530 g/mol. The molecule has 0 radical (unpaired) electrons. The summed E-state index contributed by atoms with van der Waals surface area (Å²) in [6, 6.07) is 4.14. The van der Waals surface area contributed by atoms with Gasteiger partial charge in [0.2, 0.25) is 0 Å². The number of imide groups is 1. The Hall–Kier alpha value is -1.38. The second-order valence-corrected chi connectivity index (χ2v) is 20.2. The highest BCUT2D eigenvalue weighted by Gasteiger charge is 2.64. The van der Waals surface area contributed by atoms with Crippen LogP contribution in [0.15, 0.2) is 0 Å². The zero-order valence-corrected chi connectivity index (χ0v) is 27.0. The van der Waals surface area contributed by atoms with Crippen molar-refractivity contribution < 1.29 is 36.8 Å². The Morgan fingerprint density at radius 1 is 0.868 bits per heavy atom. The highest BCUT2D eigenvalue weighted by molar-refractivity contribution is 6.74. The van der Waals surface area contributed by atoms with Gasteiger partial charge in [-0.05, 0) is 64.0 Å². The van der Waals surface area contributed by atoms with Crippen molar-refractivity contribution >= 4 is 34.5 Å². The molecule has 8 nitrogen and oxygen atoms in total. The summed E-state index contributed by atoms with van der Waals surface area (Å²) in [7, 11) is -3.93. The van der Waals surface area contributed by atoms with E-state index in [-0.39, 0.29) is 12.0 Å². The first-order valence-corrected chi connectivity index (χ1v) is 19.1. The Morgan fingerprint density at radius 3 is 1.61 bits per heavy atom. The van der Waals surface area contributed by atoms with Gasteiger partial charge in [-0.2, -0.15) is 0 Å². The van der Waals surface area contributed by atoms with Gasteiger partial charge in [-0.25, -0.2) is 18.5 Å². The quantitative estimate of drug-likeness (QED) is 0.221. The van der Waals surface area contributed by atoms with E-state index in [2.05, 4.69) is 26.1 Å². The fraction of sp³-hybridized carbons (Fsp3) is 0.885. The fourth-order valence-electron chi connectivity index (χ4n) is 5.16. The van der Waals surface area contributed by atoms with Crippen LogP contribution in [0.25, 0.3) is 0 Å². The summed E-state index contributed by atoms with van der Waals surface area (Å²) >= 11 is 0. The molecule has 2 aliphatic heterocycles. The Morgan fingerprint density at radius 2 is 1.29 bits per heavy atom. The maximum Gasteiger partial charge on any atom is 0.417 e. The number of alkyl halides is 2. The lowest BCUT2D eigenvalue weighted by molar-refractivity contribution is -0.180. The number of nitrogens with zero attached hydrogens (tertiary/aromatic N) is 1. The minimum atomic E-state index is -2.09. The molecule has 3 amide bonds. The van der Waals surface area contributed by atoms with E-state index in [1.165, 1.54) is 0 Å². The SMILES string of the molecule is CC[Si](CC)(CC)O[C@@]1(C)C(=O)N(C(=O)OC(C)C)[C@H]1CF.CC[Si](CC)(CC)O[C@@]1(C)C(=O)N[C@H]1CF. The standard InChI is InChI=1S/C15H28FNO4Si.C11H22FNO2Si/c1-7-22(8-2,9-3)21-15(6)12(10-16)17(13(15)18)14(19)20-11(4)5;1-5-16(6-2,7-3)15-11(4)9(8-12)13-10(11)14/h11-12H,7-10H2,1-6H3;9H,5-8H2,1-4H3,(H,13,14)/t12-,15+;9-,11+/m00/s1. The number of amides is 3. The first-order chi connectivity index (χ1) is 17.7. The van der Waals surface area contributed by atoms with Crippen LogP contribution in [0, 0.1) is 0 Å². The van der Waals surface area contributed by atoms with Crippen LogP contribution in [0.1, 0.15) is 69.2 Å². The highest BCUT2D eigenvalue weighted by atomic mass is 28.4. The first-order valence-electron chi connectivity index (χ1n) is 14.1. The molecule has 0 bridgehead atoms. The van der Waals surface area contributed by atoms with Crippen LogP contribution >= 0.6 is 0 Å². The summed E-state index contributed by atoms with van der Waals surface area (Å²) in [5, 5.41) is 2.56. The van der Waals surface area contributed by atoms with Crippen molar-refractivity contribution in [1.82, 2.24) is 10.2 Å². The van der Waals surface area contributed by atoms with E-state index >= 15 is 0 Å². The third-order valence-electron chi connectivity index (χ3n) is 8.57. The average molecular weight is 581 g/mol. The summed E-state index contributed by atoms with van der Waals surface area (Å²) in [4.78, 5) is 36.8. The van der Waals surface area contributed by atoms with Crippen LogP contribution in [-0.2, 0) is 23.2 Å². The molecule has 0 spiro atoms. The summed E-state index contributed by atoms with van der Waals surface area (Å²) < 4.78 is 43.5. The van der Waals surface area contributed by atoms with Crippen molar-refractivity contribution in [3.05, 3.63) is 0 Å². The van der Waals surface area contributed by atoms with Crippen molar-refractivity contribution in [2.45, 2.75) is 135 Å². The molecule has 4 atom stereocenters. The van der Waals surface area contributed by atoms with Gasteiger partial charge in [0.1, 0.15) is 19.4 Å². The average Bonchev–Trinajstić information content (AvgIpc) is 2.91.